The van der Waals surface area contributed by atoms with Gasteiger partial charge in [-0.25, -0.2) is 32.5 Å². The van der Waals surface area contributed by atoms with E-state index in [4.69, 9.17) is 5.73 Å². The van der Waals surface area contributed by atoms with Gasteiger partial charge in [-0.05, 0) is 25.7 Å². The highest BCUT2D eigenvalue weighted by molar-refractivity contribution is 7.10. The van der Waals surface area contributed by atoms with Crippen molar-refractivity contribution < 1.29 is 30.7 Å². The first-order valence-electron chi connectivity index (χ1n) is 10.6. The zero-order valence-electron chi connectivity index (χ0n) is 17.4. The topological polar surface area (TPSA) is 87.7 Å². The third-order valence-electron chi connectivity index (χ3n) is 6.18. The van der Waals surface area contributed by atoms with Crippen molar-refractivity contribution >= 4 is 23.1 Å². The molecule has 1 unspecified atom stereocenters. The summed E-state index contributed by atoms with van der Waals surface area (Å²) < 4.78 is 93.4. The maximum Gasteiger partial charge on any atom is 0.443 e. The number of guanidine groups is 1. The fraction of sp³-hybridized carbons (Fsp3) is 0.737. The van der Waals surface area contributed by atoms with Crippen LogP contribution in [0.25, 0.3) is 0 Å². The number of halogens is 7. The second-order valence-electron chi connectivity index (χ2n) is 8.77. The zero-order chi connectivity index (χ0) is 24.1. The predicted octanol–water partition coefficient (Wildman–Crippen LogP) is 4.47. The SMILES string of the molecule is NC1(C2CCC(F)(F)CC2)N=C(c2csc(C(F)(F)F)n2)NC(=NC2CCC(F)(F)CC2)N1. The number of nitrogens with one attached hydrogen (secondary N) is 2. The molecule has 3 aliphatic rings. The summed E-state index contributed by atoms with van der Waals surface area (Å²) in [6, 6.07) is -0.458. The minimum atomic E-state index is -4.64. The first-order valence-corrected chi connectivity index (χ1v) is 11.4. The number of nitrogens with two attached hydrogens (primary N) is 1. The van der Waals surface area contributed by atoms with Gasteiger partial charge >= 0.3 is 6.18 Å². The molecule has 0 bridgehead atoms. The molecule has 14 heteroatoms. The van der Waals surface area contributed by atoms with Crippen LogP contribution in [0.4, 0.5) is 30.7 Å². The van der Waals surface area contributed by atoms with Crippen LogP contribution in [0.3, 0.4) is 0 Å². The van der Waals surface area contributed by atoms with Crippen LogP contribution in [0.2, 0.25) is 0 Å². The van der Waals surface area contributed by atoms with Gasteiger partial charge in [-0.1, -0.05) is 0 Å². The molecule has 2 fully saturated rings. The molecule has 2 aliphatic carbocycles. The number of amidine groups is 1. The van der Waals surface area contributed by atoms with Crippen molar-refractivity contribution in [3.63, 3.8) is 0 Å². The minimum Gasteiger partial charge on any atom is -0.319 e. The largest absolute Gasteiger partial charge is 0.443 e. The molecule has 0 radical (unpaired) electrons. The van der Waals surface area contributed by atoms with Crippen LogP contribution >= 0.6 is 11.3 Å². The third-order valence-corrected chi connectivity index (χ3v) is 7.07. The van der Waals surface area contributed by atoms with Crippen LogP contribution < -0.4 is 16.4 Å². The highest BCUT2D eigenvalue weighted by Crippen LogP contribution is 2.40. The fourth-order valence-electron chi connectivity index (χ4n) is 4.28. The molecular weight excluding hydrogens is 477 g/mol. The van der Waals surface area contributed by atoms with Crippen molar-refractivity contribution in [2.45, 2.75) is 81.2 Å². The number of aliphatic imine (C=N–C) groups is 2. The van der Waals surface area contributed by atoms with Crippen LogP contribution in [-0.2, 0) is 6.18 Å². The van der Waals surface area contributed by atoms with Crippen molar-refractivity contribution in [1.82, 2.24) is 15.6 Å². The van der Waals surface area contributed by atoms with Gasteiger partial charge in [-0.15, -0.1) is 11.3 Å². The normalized spacial score (nSPS) is 29.9. The lowest BCUT2D eigenvalue weighted by Crippen LogP contribution is -2.67. The zero-order valence-corrected chi connectivity index (χ0v) is 18.2. The summed E-state index contributed by atoms with van der Waals surface area (Å²) >= 11 is 0.382. The lowest BCUT2D eigenvalue weighted by Gasteiger charge is -2.42. The molecule has 0 amide bonds. The molecule has 0 aromatic carbocycles. The van der Waals surface area contributed by atoms with Crippen molar-refractivity contribution in [3.05, 3.63) is 16.1 Å². The molecule has 33 heavy (non-hydrogen) atoms. The number of hydrogen-bond acceptors (Lipinski definition) is 5. The second kappa shape index (κ2) is 8.36. The summed E-state index contributed by atoms with van der Waals surface area (Å²) in [7, 11) is 0. The lowest BCUT2D eigenvalue weighted by molar-refractivity contribution is -0.137. The molecule has 6 nitrogen and oxygen atoms in total. The van der Waals surface area contributed by atoms with Gasteiger partial charge in [-0.2, -0.15) is 13.2 Å². The predicted molar refractivity (Wildman–Crippen MR) is 108 cm³/mol. The molecule has 184 valence electrons. The maximum absolute atomic E-state index is 13.7. The summed E-state index contributed by atoms with van der Waals surface area (Å²) in [5, 5.41) is 5.73. The van der Waals surface area contributed by atoms with Gasteiger partial charge < -0.3 is 10.6 Å². The molecule has 2 saturated carbocycles. The van der Waals surface area contributed by atoms with E-state index in [2.05, 4.69) is 25.6 Å². The van der Waals surface area contributed by atoms with E-state index in [0.717, 1.165) is 5.38 Å². The van der Waals surface area contributed by atoms with Gasteiger partial charge in [0.05, 0.1) is 6.04 Å². The molecular formula is C19H23F7N6S. The molecule has 4 N–H and O–H groups in total. The molecule has 4 rings (SSSR count). The van der Waals surface area contributed by atoms with E-state index in [1.165, 1.54) is 0 Å². The monoisotopic (exact) mass is 500 g/mol. The summed E-state index contributed by atoms with van der Waals surface area (Å²) in [6.07, 6.45) is -5.77. The lowest BCUT2D eigenvalue weighted by atomic mass is 9.82. The van der Waals surface area contributed by atoms with Crippen molar-refractivity contribution in [3.8, 4) is 0 Å². The van der Waals surface area contributed by atoms with E-state index < -0.39 is 53.6 Å². The Hall–Kier alpha value is -1.96. The minimum absolute atomic E-state index is 0.0427. The van der Waals surface area contributed by atoms with Gasteiger partial charge in [0.15, 0.2) is 22.6 Å². The van der Waals surface area contributed by atoms with E-state index in [-0.39, 0.29) is 56.0 Å². The van der Waals surface area contributed by atoms with Gasteiger partial charge in [0, 0.05) is 37.0 Å². The van der Waals surface area contributed by atoms with Crippen LogP contribution in [0.5, 0.6) is 0 Å². The molecule has 0 saturated heterocycles. The maximum atomic E-state index is 13.7. The summed E-state index contributed by atoms with van der Waals surface area (Å²) in [4.78, 5) is 12.3. The number of aromatic nitrogens is 1. The van der Waals surface area contributed by atoms with Gasteiger partial charge in [0.25, 0.3) is 0 Å². The number of alkyl halides is 7. The van der Waals surface area contributed by atoms with Crippen molar-refractivity contribution in [1.29, 1.82) is 0 Å². The number of nitrogens with zero attached hydrogens (tertiary/aromatic N) is 3. The smallest absolute Gasteiger partial charge is 0.319 e. The first-order chi connectivity index (χ1) is 15.2. The van der Waals surface area contributed by atoms with E-state index >= 15 is 0 Å². The average molecular weight is 500 g/mol. The van der Waals surface area contributed by atoms with Gasteiger partial charge in [0.1, 0.15) is 5.69 Å². The van der Waals surface area contributed by atoms with E-state index in [1.54, 1.807) is 0 Å². The Morgan fingerprint density at radius 3 is 2.12 bits per heavy atom. The first kappa shape index (κ1) is 24.2. The number of thiazole rings is 1. The van der Waals surface area contributed by atoms with Crippen LogP contribution in [-0.4, -0.2) is 40.5 Å². The standard InChI is InChI=1S/C19H23F7N6S/c20-16(21)5-1-10(2-6-16)19(27)31-13(12-9-33-14(29-12)18(24,25)26)30-15(32-19)28-11-3-7-17(22,23)8-4-11/h9-11H,1-8,27H2,(H2,28,30,31,32). The van der Waals surface area contributed by atoms with Gasteiger partial charge in [0.2, 0.25) is 11.8 Å². The van der Waals surface area contributed by atoms with E-state index in [1.807, 2.05) is 0 Å². The Kier molecular flexibility index (Phi) is 6.13. The van der Waals surface area contributed by atoms with Gasteiger partial charge in [-0.3, -0.25) is 5.73 Å². The molecule has 0 spiro atoms. The summed E-state index contributed by atoms with van der Waals surface area (Å²) in [5.74, 6) is -7.76. The number of hydrogen-bond donors (Lipinski definition) is 3. The van der Waals surface area contributed by atoms with Crippen LogP contribution in [0, 0.1) is 5.92 Å². The molecule has 1 aliphatic heterocycles. The van der Waals surface area contributed by atoms with Crippen LogP contribution in [0.15, 0.2) is 15.4 Å². The summed E-state index contributed by atoms with van der Waals surface area (Å²) in [5.41, 5.74) is 6.33. The summed E-state index contributed by atoms with van der Waals surface area (Å²) in [6.45, 7) is 0. The number of rotatable bonds is 3. The van der Waals surface area contributed by atoms with Crippen LogP contribution in [0.1, 0.15) is 62.1 Å². The van der Waals surface area contributed by atoms with Crippen molar-refractivity contribution in [2.24, 2.45) is 21.6 Å². The highest BCUT2D eigenvalue weighted by atomic mass is 32.1. The van der Waals surface area contributed by atoms with E-state index in [9.17, 15) is 30.7 Å². The highest BCUT2D eigenvalue weighted by Gasteiger charge is 2.46. The second-order valence-corrected chi connectivity index (χ2v) is 9.62. The van der Waals surface area contributed by atoms with E-state index in [0.29, 0.717) is 11.3 Å². The Morgan fingerprint density at radius 2 is 1.58 bits per heavy atom. The molecule has 1 aromatic heterocycles. The Labute approximate surface area is 189 Å². The third kappa shape index (κ3) is 5.58. The average Bonchev–Trinajstić information content (AvgIpc) is 3.20. The quantitative estimate of drug-likeness (QED) is 0.535. The molecule has 1 atom stereocenters. The Balaban J connectivity index is 1.62. The fourth-order valence-corrected chi connectivity index (χ4v) is 4.95. The molecule has 1 aromatic rings. The Morgan fingerprint density at radius 1 is 1.00 bits per heavy atom. The molecule has 2 heterocycles. The Bertz CT molecular complexity index is 923. The van der Waals surface area contributed by atoms with Crippen molar-refractivity contribution in [2.75, 3.05) is 0 Å².